The Morgan fingerprint density at radius 2 is 1.27 bits per heavy atom. The van der Waals surface area contributed by atoms with E-state index < -0.39 is 0 Å². The summed E-state index contributed by atoms with van der Waals surface area (Å²) in [6.45, 7) is 37.8. The maximum absolute atomic E-state index is 6.62. The lowest BCUT2D eigenvalue weighted by molar-refractivity contribution is -0.00259. The Labute approximate surface area is 319 Å². The van der Waals surface area contributed by atoms with Gasteiger partial charge >= 0.3 is 0 Å². The summed E-state index contributed by atoms with van der Waals surface area (Å²) in [6, 6.07) is 4.44. The first-order chi connectivity index (χ1) is 24.2. The minimum Gasteiger partial charge on any atom is -0.490 e. The molecule has 4 nitrogen and oxygen atoms in total. The summed E-state index contributed by atoms with van der Waals surface area (Å²) in [4.78, 5) is 0. The van der Waals surface area contributed by atoms with Crippen LogP contribution in [0, 0.1) is 35.0 Å². The van der Waals surface area contributed by atoms with E-state index in [9.17, 15) is 0 Å². The molecule has 1 aromatic carbocycles. The molecule has 0 N–H and O–H groups in total. The van der Waals surface area contributed by atoms with Gasteiger partial charge in [0.05, 0.1) is 12.2 Å². The lowest BCUT2D eigenvalue weighted by atomic mass is 9.77. The maximum Gasteiger partial charge on any atom is 0.131 e. The zero-order valence-electron chi connectivity index (χ0n) is 37.6. The molecule has 3 rings (SSSR count). The number of benzene rings is 1. The molecule has 4 heteroatoms. The Hall–Kier alpha value is -1.78. The predicted octanol–water partition coefficient (Wildman–Crippen LogP) is 15.2. The van der Waals surface area contributed by atoms with Crippen LogP contribution in [-0.2, 0) is 14.2 Å². The van der Waals surface area contributed by atoms with Crippen LogP contribution >= 0.6 is 0 Å². The third kappa shape index (κ3) is 16.0. The standard InChI is InChI=1S/C35H56O4.C5H12.C3H8.2C2H6/c1-12-15-25(13-2)35-17-16-27(22-26(35)23-35)38-18-19-39-30-28(31(36-10)33(5,6)7)20-24(4)21-29(30)32(37-11)34(8,9)14-3;1-3-5-4-2;1-3-2;2*1-2/h16-17,20-22,25-26,31-32H,12-15,18-19,23H2,1-11H3;3-5H2,1-2H3;3H2,1-2H3;2*1-2H3. The predicted molar refractivity (Wildman–Crippen MR) is 226 cm³/mol. The third-order valence-corrected chi connectivity index (χ3v) is 9.96. The van der Waals surface area contributed by atoms with E-state index in [1.165, 1.54) is 56.9 Å². The molecule has 1 aromatic rings. The third-order valence-electron chi connectivity index (χ3n) is 9.96. The van der Waals surface area contributed by atoms with Gasteiger partial charge in [-0.25, -0.2) is 0 Å². The number of hydrogen-bond acceptors (Lipinski definition) is 4. The largest absolute Gasteiger partial charge is 0.490 e. The molecule has 300 valence electrons. The number of ether oxygens (including phenoxy) is 4. The zero-order valence-corrected chi connectivity index (χ0v) is 37.6. The van der Waals surface area contributed by atoms with Crippen LogP contribution in [0.5, 0.6) is 5.75 Å². The molecule has 5 unspecified atom stereocenters. The summed E-state index contributed by atoms with van der Waals surface area (Å²) in [5.41, 5.74) is 3.58. The summed E-state index contributed by atoms with van der Waals surface area (Å²) in [5, 5.41) is 0. The second kappa shape index (κ2) is 26.9. The first-order valence-electron chi connectivity index (χ1n) is 21.1. The van der Waals surface area contributed by atoms with Crippen molar-refractivity contribution in [2.24, 2.45) is 28.1 Å². The molecule has 0 heterocycles. The van der Waals surface area contributed by atoms with Crippen molar-refractivity contribution in [3.05, 3.63) is 52.8 Å². The summed E-state index contributed by atoms with van der Waals surface area (Å²) in [5.74, 6) is 3.26. The fourth-order valence-electron chi connectivity index (χ4n) is 7.16. The van der Waals surface area contributed by atoms with Gasteiger partial charge in [-0.2, -0.15) is 0 Å². The molecule has 0 amide bonds. The number of aryl methyl sites for hydroxylation is 1. The van der Waals surface area contributed by atoms with Crippen LogP contribution in [0.15, 0.2) is 36.1 Å². The zero-order chi connectivity index (χ0) is 39.8. The fourth-order valence-corrected chi connectivity index (χ4v) is 7.16. The quantitative estimate of drug-likeness (QED) is 0.150. The Morgan fingerprint density at radius 1 is 0.765 bits per heavy atom. The molecule has 0 radical (unpaired) electrons. The van der Waals surface area contributed by atoms with Crippen LogP contribution in [0.2, 0.25) is 0 Å². The second-order valence-electron chi connectivity index (χ2n) is 15.7. The summed E-state index contributed by atoms with van der Waals surface area (Å²) >= 11 is 0. The van der Waals surface area contributed by atoms with Crippen LogP contribution < -0.4 is 4.74 Å². The van der Waals surface area contributed by atoms with Crippen LogP contribution in [0.1, 0.15) is 197 Å². The monoisotopic (exact) mass is 717 g/mol. The molecule has 2 aliphatic rings. The molecular formula is C47H88O4. The summed E-state index contributed by atoms with van der Waals surface area (Å²) in [6.07, 6.45) is 18.2. The lowest BCUT2D eigenvalue weighted by Gasteiger charge is -2.36. The van der Waals surface area contributed by atoms with Crippen molar-refractivity contribution >= 4 is 0 Å². The van der Waals surface area contributed by atoms with Gasteiger partial charge in [-0.05, 0) is 78.6 Å². The van der Waals surface area contributed by atoms with Crippen LogP contribution in [-0.4, -0.2) is 27.4 Å². The fraction of sp³-hybridized carbons (Fsp3) is 0.787. The number of unbranched alkanes of at least 4 members (excludes halogenated alkanes) is 2. The minimum atomic E-state index is -0.115. The van der Waals surface area contributed by atoms with Crippen LogP contribution in [0.3, 0.4) is 0 Å². The first kappa shape index (κ1) is 51.3. The van der Waals surface area contributed by atoms with Crippen molar-refractivity contribution in [1.82, 2.24) is 0 Å². The topological polar surface area (TPSA) is 36.9 Å². The van der Waals surface area contributed by atoms with E-state index in [1.807, 2.05) is 27.7 Å². The number of rotatable bonds is 17. The maximum atomic E-state index is 6.62. The Morgan fingerprint density at radius 3 is 1.67 bits per heavy atom. The van der Waals surface area contributed by atoms with E-state index in [2.05, 4.69) is 120 Å². The van der Waals surface area contributed by atoms with E-state index in [0.717, 1.165) is 35.0 Å². The highest BCUT2D eigenvalue weighted by Gasteiger charge is 2.56. The molecule has 51 heavy (non-hydrogen) atoms. The van der Waals surface area contributed by atoms with Gasteiger partial charge in [-0.15, -0.1) is 0 Å². The molecule has 0 spiro atoms. The van der Waals surface area contributed by atoms with E-state index in [1.54, 1.807) is 14.2 Å². The molecule has 5 atom stereocenters. The van der Waals surface area contributed by atoms with Gasteiger partial charge in [0.15, 0.2) is 0 Å². The smallest absolute Gasteiger partial charge is 0.131 e. The van der Waals surface area contributed by atoms with Gasteiger partial charge in [0.2, 0.25) is 0 Å². The Kier molecular flexibility index (Phi) is 27.1. The van der Waals surface area contributed by atoms with E-state index in [0.29, 0.717) is 24.5 Å². The SMILES string of the molecule is CC.CC.CCC.CCCC(CC)C12C=CC(OCCOc3c(C(OC)C(C)(C)C)cc(C)cc3C(OC)C(C)(C)CC)=CC1C2.CCCCC. The number of methoxy groups -OCH3 is 2. The minimum absolute atomic E-state index is 0.0543. The Balaban J connectivity index is 0. The van der Waals surface area contributed by atoms with E-state index in [-0.39, 0.29) is 23.0 Å². The van der Waals surface area contributed by atoms with Crippen molar-refractivity contribution in [2.75, 3.05) is 27.4 Å². The molecule has 1 fully saturated rings. The van der Waals surface area contributed by atoms with Crippen molar-refractivity contribution in [3.63, 3.8) is 0 Å². The van der Waals surface area contributed by atoms with Crippen molar-refractivity contribution in [3.8, 4) is 5.75 Å². The van der Waals surface area contributed by atoms with Gasteiger partial charge in [0.25, 0.3) is 0 Å². The molecule has 2 aliphatic carbocycles. The van der Waals surface area contributed by atoms with Gasteiger partial charge in [-0.1, -0.05) is 161 Å². The second-order valence-corrected chi connectivity index (χ2v) is 15.7. The number of fused-ring (bicyclic) bond motifs is 1. The number of hydrogen-bond donors (Lipinski definition) is 0. The Bertz CT molecular complexity index is 1080. The molecular weight excluding hydrogens is 629 g/mol. The molecule has 0 bridgehead atoms. The highest BCUT2D eigenvalue weighted by Crippen LogP contribution is 2.63. The first-order valence-corrected chi connectivity index (χ1v) is 21.1. The highest BCUT2D eigenvalue weighted by atomic mass is 16.5. The lowest BCUT2D eigenvalue weighted by Crippen LogP contribution is -2.26. The van der Waals surface area contributed by atoms with Crippen molar-refractivity contribution < 1.29 is 18.9 Å². The average Bonchev–Trinajstić information content (AvgIpc) is 3.84. The van der Waals surface area contributed by atoms with Crippen molar-refractivity contribution in [1.29, 1.82) is 0 Å². The van der Waals surface area contributed by atoms with Crippen molar-refractivity contribution in [2.45, 2.75) is 188 Å². The molecule has 0 saturated heterocycles. The number of allylic oxidation sites excluding steroid dienone is 3. The average molecular weight is 717 g/mol. The molecule has 0 aromatic heterocycles. The van der Waals surface area contributed by atoms with Crippen LogP contribution in [0.4, 0.5) is 0 Å². The molecule has 0 aliphatic heterocycles. The van der Waals surface area contributed by atoms with E-state index in [4.69, 9.17) is 18.9 Å². The summed E-state index contributed by atoms with van der Waals surface area (Å²) in [7, 11) is 3.59. The van der Waals surface area contributed by atoms with Gasteiger partial charge in [0, 0.05) is 25.3 Å². The van der Waals surface area contributed by atoms with Gasteiger partial charge < -0.3 is 18.9 Å². The summed E-state index contributed by atoms with van der Waals surface area (Å²) < 4.78 is 25.1. The van der Waals surface area contributed by atoms with Gasteiger partial charge in [0.1, 0.15) is 24.7 Å². The normalized spacial score (nSPS) is 19.0. The molecule has 1 saturated carbocycles. The van der Waals surface area contributed by atoms with E-state index >= 15 is 0 Å². The van der Waals surface area contributed by atoms with Gasteiger partial charge in [-0.3, -0.25) is 0 Å². The van der Waals surface area contributed by atoms with Crippen LogP contribution in [0.25, 0.3) is 0 Å². The highest BCUT2D eigenvalue weighted by molar-refractivity contribution is 5.48.